The van der Waals surface area contributed by atoms with Gasteiger partial charge in [-0.1, -0.05) is 31.0 Å². The van der Waals surface area contributed by atoms with Crippen molar-refractivity contribution in [1.82, 2.24) is 15.2 Å². The van der Waals surface area contributed by atoms with Crippen molar-refractivity contribution in [2.75, 3.05) is 31.1 Å². The molecule has 2 aliphatic rings. The fourth-order valence-electron chi connectivity index (χ4n) is 4.44. The third-order valence-electron chi connectivity index (χ3n) is 6.27. The lowest BCUT2D eigenvalue weighted by Gasteiger charge is -2.26. The molecule has 2 saturated heterocycles. The predicted octanol–water partition coefficient (Wildman–Crippen LogP) is 4.06. The van der Waals surface area contributed by atoms with Gasteiger partial charge in [0.15, 0.2) is 0 Å². The zero-order valence-electron chi connectivity index (χ0n) is 18.7. The Hall–Kier alpha value is -2.80. The van der Waals surface area contributed by atoms with Crippen molar-refractivity contribution in [3.8, 4) is 5.75 Å². The number of benzene rings is 1. The number of aromatic nitrogens is 1. The monoisotopic (exact) mass is 438 g/mol. The van der Waals surface area contributed by atoms with E-state index >= 15 is 0 Å². The van der Waals surface area contributed by atoms with Crippen LogP contribution in [0.3, 0.4) is 0 Å². The van der Waals surface area contributed by atoms with E-state index in [1.54, 1.807) is 17.0 Å². The molecule has 172 valence electrons. The number of carbonyl (C=O) groups is 1. The molecule has 0 saturated carbocycles. The normalized spacial score (nSPS) is 18.9. The number of hydrogen-bond donors (Lipinski definition) is 2. The predicted molar refractivity (Wildman–Crippen MR) is 125 cm³/mol. The molecule has 2 aliphatic heterocycles. The Kier molecular flexibility index (Phi) is 7.82. The molecule has 2 aromatic rings. The standard InChI is InChI=1S/C25H34N4O3/c30-23-10-4-3-8-21(23)18-29(19-22-9-7-15-32-22)25(31)27-17-20-11-12-26-24(16-20)28-13-5-1-2-6-14-28/h3-4,8,10-12,16,22,30H,1-2,5-7,9,13-15,17-19H2,(H,27,31). The summed E-state index contributed by atoms with van der Waals surface area (Å²) in [6.45, 7) is 4.11. The van der Waals surface area contributed by atoms with E-state index in [4.69, 9.17) is 4.74 Å². The van der Waals surface area contributed by atoms with E-state index in [2.05, 4.69) is 21.3 Å². The first-order chi connectivity index (χ1) is 15.7. The van der Waals surface area contributed by atoms with Crippen LogP contribution in [0, 0.1) is 0 Å². The van der Waals surface area contributed by atoms with Crippen LogP contribution in [0.2, 0.25) is 0 Å². The van der Waals surface area contributed by atoms with Crippen LogP contribution in [0.25, 0.3) is 0 Å². The van der Waals surface area contributed by atoms with E-state index in [0.717, 1.165) is 49.5 Å². The summed E-state index contributed by atoms with van der Waals surface area (Å²) in [5.41, 5.74) is 1.76. The van der Waals surface area contributed by atoms with Gasteiger partial charge < -0.3 is 25.0 Å². The number of phenols is 1. The van der Waals surface area contributed by atoms with Gasteiger partial charge in [0.05, 0.1) is 12.6 Å². The van der Waals surface area contributed by atoms with E-state index in [-0.39, 0.29) is 17.9 Å². The first-order valence-corrected chi connectivity index (χ1v) is 11.8. The van der Waals surface area contributed by atoms with Crippen LogP contribution in [0.1, 0.15) is 49.7 Å². The quantitative estimate of drug-likeness (QED) is 0.682. The number of aromatic hydroxyl groups is 1. The molecule has 7 heteroatoms. The lowest BCUT2D eigenvalue weighted by atomic mass is 10.1. The Morgan fingerprint density at radius 2 is 1.97 bits per heavy atom. The van der Waals surface area contributed by atoms with E-state index in [0.29, 0.717) is 19.6 Å². The highest BCUT2D eigenvalue weighted by molar-refractivity contribution is 5.74. The summed E-state index contributed by atoms with van der Waals surface area (Å²) in [4.78, 5) is 21.7. The number of rotatable bonds is 7. The fraction of sp³-hybridized carbons (Fsp3) is 0.520. The maximum absolute atomic E-state index is 13.1. The minimum Gasteiger partial charge on any atom is -0.508 e. The third kappa shape index (κ3) is 6.13. The molecular formula is C25H34N4O3. The molecule has 7 nitrogen and oxygen atoms in total. The number of pyridine rings is 1. The Labute approximate surface area is 190 Å². The number of para-hydroxylation sites is 1. The van der Waals surface area contributed by atoms with Gasteiger partial charge in [0.25, 0.3) is 0 Å². The first kappa shape index (κ1) is 22.4. The largest absolute Gasteiger partial charge is 0.508 e. The van der Waals surface area contributed by atoms with Gasteiger partial charge in [-0.05, 0) is 49.4 Å². The van der Waals surface area contributed by atoms with E-state index in [1.165, 1.54) is 25.7 Å². The molecule has 32 heavy (non-hydrogen) atoms. The van der Waals surface area contributed by atoms with Crippen LogP contribution >= 0.6 is 0 Å². The molecule has 1 unspecified atom stereocenters. The highest BCUT2D eigenvalue weighted by Crippen LogP contribution is 2.21. The van der Waals surface area contributed by atoms with Crippen molar-refractivity contribution in [2.24, 2.45) is 0 Å². The number of urea groups is 1. The minimum absolute atomic E-state index is 0.0437. The van der Waals surface area contributed by atoms with Crippen molar-refractivity contribution in [2.45, 2.75) is 57.7 Å². The molecule has 2 amide bonds. The van der Waals surface area contributed by atoms with Gasteiger partial charge in [0.1, 0.15) is 11.6 Å². The highest BCUT2D eigenvalue weighted by atomic mass is 16.5. The van der Waals surface area contributed by atoms with Gasteiger partial charge in [-0.3, -0.25) is 0 Å². The number of phenolic OH excluding ortho intramolecular Hbond substituents is 1. The lowest BCUT2D eigenvalue weighted by Crippen LogP contribution is -2.43. The first-order valence-electron chi connectivity index (χ1n) is 11.8. The van der Waals surface area contributed by atoms with Crippen LogP contribution < -0.4 is 10.2 Å². The zero-order valence-corrected chi connectivity index (χ0v) is 18.7. The van der Waals surface area contributed by atoms with Crippen LogP contribution in [0.15, 0.2) is 42.6 Å². The van der Waals surface area contributed by atoms with E-state index in [1.807, 2.05) is 24.4 Å². The molecule has 2 N–H and O–H groups in total. The lowest BCUT2D eigenvalue weighted by molar-refractivity contribution is 0.0792. The molecule has 1 aromatic carbocycles. The minimum atomic E-state index is -0.156. The van der Waals surface area contributed by atoms with E-state index < -0.39 is 0 Å². The zero-order chi connectivity index (χ0) is 22.2. The topological polar surface area (TPSA) is 77.9 Å². The van der Waals surface area contributed by atoms with Gasteiger partial charge in [-0.2, -0.15) is 0 Å². The number of nitrogens with one attached hydrogen (secondary N) is 1. The molecule has 0 aliphatic carbocycles. The van der Waals surface area contributed by atoms with Crippen LogP contribution in [0.4, 0.5) is 10.6 Å². The average molecular weight is 439 g/mol. The van der Waals surface area contributed by atoms with Crippen molar-refractivity contribution in [3.05, 3.63) is 53.7 Å². The SMILES string of the molecule is O=C(NCc1ccnc(N2CCCCCC2)c1)N(Cc1ccccc1O)CC1CCCO1. The summed E-state index contributed by atoms with van der Waals surface area (Å²) in [5, 5.41) is 13.2. The average Bonchev–Trinajstić information content (AvgIpc) is 3.17. The fourth-order valence-corrected chi connectivity index (χ4v) is 4.44. The number of hydrogen-bond acceptors (Lipinski definition) is 5. The van der Waals surface area contributed by atoms with Crippen molar-refractivity contribution < 1.29 is 14.6 Å². The number of amides is 2. The summed E-state index contributed by atoms with van der Waals surface area (Å²) in [6, 6.07) is 11.0. The van der Waals surface area contributed by atoms with Crippen LogP contribution in [-0.4, -0.2) is 53.4 Å². The van der Waals surface area contributed by atoms with Gasteiger partial charge in [0, 0.05) is 44.5 Å². The molecule has 1 aromatic heterocycles. The summed E-state index contributed by atoms with van der Waals surface area (Å²) < 4.78 is 5.76. The van der Waals surface area contributed by atoms with Crippen LogP contribution in [-0.2, 0) is 17.8 Å². The molecule has 4 rings (SSSR count). The summed E-state index contributed by atoms with van der Waals surface area (Å²) >= 11 is 0. The number of anilines is 1. The maximum Gasteiger partial charge on any atom is 0.318 e. The number of nitrogens with zero attached hydrogens (tertiary/aromatic N) is 3. The Morgan fingerprint density at radius 3 is 2.72 bits per heavy atom. The van der Waals surface area contributed by atoms with Gasteiger partial charge >= 0.3 is 6.03 Å². The molecule has 0 bridgehead atoms. The van der Waals surface area contributed by atoms with Crippen LogP contribution in [0.5, 0.6) is 5.75 Å². The second-order valence-corrected chi connectivity index (χ2v) is 8.73. The molecule has 2 fully saturated rings. The van der Waals surface area contributed by atoms with Crippen molar-refractivity contribution >= 4 is 11.8 Å². The molecular weight excluding hydrogens is 404 g/mol. The molecule has 3 heterocycles. The smallest absolute Gasteiger partial charge is 0.318 e. The molecule has 1 atom stereocenters. The Morgan fingerprint density at radius 1 is 1.16 bits per heavy atom. The van der Waals surface area contributed by atoms with Crippen molar-refractivity contribution in [1.29, 1.82) is 0 Å². The summed E-state index contributed by atoms with van der Waals surface area (Å²) in [6.07, 6.45) is 8.81. The Balaban J connectivity index is 1.40. The molecule has 0 radical (unpaired) electrons. The second-order valence-electron chi connectivity index (χ2n) is 8.73. The van der Waals surface area contributed by atoms with Gasteiger partial charge in [-0.25, -0.2) is 9.78 Å². The molecule has 0 spiro atoms. The third-order valence-corrected chi connectivity index (χ3v) is 6.27. The van der Waals surface area contributed by atoms with Crippen molar-refractivity contribution in [3.63, 3.8) is 0 Å². The summed E-state index contributed by atoms with van der Waals surface area (Å²) in [5.74, 6) is 1.19. The number of carbonyl (C=O) groups excluding carboxylic acids is 1. The highest BCUT2D eigenvalue weighted by Gasteiger charge is 2.23. The number of ether oxygens (including phenoxy) is 1. The summed E-state index contributed by atoms with van der Waals surface area (Å²) in [7, 11) is 0. The Bertz CT molecular complexity index is 877. The van der Waals surface area contributed by atoms with Gasteiger partial charge in [-0.15, -0.1) is 0 Å². The van der Waals surface area contributed by atoms with Gasteiger partial charge in [0.2, 0.25) is 0 Å². The second kappa shape index (κ2) is 11.2. The maximum atomic E-state index is 13.1. The van der Waals surface area contributed by atoms with E-state index in [9.17, 15) is 9.90 Å².